The minimum Gasteiger partial charge on any atom is -0.395 e. The van der Waals surface area contributed by atoms with E-state index < -0.39 is 0 Å². The van der Waals surface area contributed by atoms with E-state index in [0.29, 0.717) is 17.8 Å². The Morgan fingerprint density at radius 3 is 2.72 bits per heavy atom. The summed E-state index contributed by atoms with van der Waals surface area (Å²) in [6, 6.07) is 4.80. The van der Waals surface area contributed by atoms with E-state index in [0.717, 1.165) is 19.3 Å². The number of ketones is 1. The summed E-state index contributed by atoms with van der Waals surface area (Å²) >= 11 is 0. The SMILES string of the molecule is CC(=O)c1cccc(F)c1N(CCO)C1CCC1. The summed E-state index contributed by atoms with van der Waals surface area (Å²) in [6.45, 7) is 1.77. The third-order valence-electron chi connectivity index (χ3n) is 3.51. The molecule has 1 N–H and O–H groups in total. The standard InChI is InChI=1S/C14H18FNO2/c1-10(18)12-6-3-7-13(15)14(12)16(8-9-17)11-4-2-5-11/h3,6-7,11,17H,2,4-5,8-9H2,1H3. The summed E-state index contributed by atoms with van der Waals surface area (Å²) in [7, 11) is 0. The molecule has 0 bridgehead atoms. The first-order valence-corrected chi connectivity index (χ1v) is 6.32. The van der Waals surface area contributed by atoms with Gasteiger partial charge >= 0.3 is 0 Å². The lowest BCUT2D eigenvalue weighted by atomic mass is 9.90. The summed E-state index contributed by atoms with van der Waals surface area (Å²) in [5, 5.41) is 9.14. The van der Waals surface area contributed by atoms with Gasteiger partial charge in [-0.15, -0.1) is 0 Å². The Labute approximate surface area is 106 Å². The van der Waals surface area contributed by atoms with Gasteiger partial charge in [0, 0.05) is 18.2 Å². The maximum Gasteiger partial charge on any atom is 0.161 e. The minimum atomic E-state index is -0.386. The zero-order valence-corrected chi connectivity index (χ0v) is 10.5. The molecule has 1 aromatic rings. The average Bonchev–Trinajstić information content (AvgIpc) is 2.25. The van der Waals surface area contributed by atoms with Crippen LogP contribution in [0.1, 0.15) is 36.5 Å². The van der Waals surface area contributed by atoms with Crippen molar-refractivity contribution in [2.24, 2.45) is 0 Å². The van der Waals surface area contributed by atoms with Crippen LogP contribution in [0.3, 0.4) is 0 Å². The highest BCUT2D eigenvalue weighted by Gasteiger charge is 2.28. The highest BCUT2D eigenvalue weighted by Crippen LogP contribution is 2.33. The predicted octanol–water partition coefficient (Wildman–Crippen LogP) is 2.38. The van der Waals surface area contributed by atoms with Crippen LogP contribution in [0.15, 0.2) is 18.2 Å². The van der Waals surface area contributed by atoms with Gasteiger partial charge in [0.15, 0.2) is 5.78 Å². The van der Waals surface area contributed by atoms with Crippen LogP contribution in [-0.2, 0) is 0 Å². The van der Waals surface area contributed by atoms with Gasteiger partial charge in [-0.1, -0.05) is 6.07 Å². The third kappa shape index (κ3) is 2.38. The van der Waals surface area contributed by atoms with Crippen molar-refractivity contribution < 1.29 is 14.3 Å². The van der Waals surface area contributed by atoms with Crippen molar-refractivity contribution in [2.75, 3.05) is 18.1 Å². The molecule has 1 aromatic carbocycles. The van der Waals surface area contributed by atoms with Gasteiger partial charge in [0.25, 0.3) is 0 Å². The zero-order chi connectivity index (χ0) is 13.1. The second kappa shape index (κ2) is 5.48. The van der Waals surface area contributed by atoms with Gasteiger partial charge in [0.05, 0.1) is 12.3 Å². The maximum atomic E-state index is 14.0. The molecule has 4 heteroatoms. The second-order valence-corrected chi connectivity index (χ2v) is 4.69. The number of Topliss-reactive ketones (excluding diaryl/α,β-unsaturated/α-hetero) is 1. The Balaban J connectivity index is 2.41. The number of anilines is 1. The van der Waals surface area contributed by atoms with Crippen molar-refractivity contribution in [3.63, 3.8) is 0 Å². The fourth-order valence-electron chi connectivity index (χ4n) is 2.37. The normalized spacial score (nSPS) is 15.3. The predicted molar refractivity (Wildman–Crippen MR) is 68.5 cm³/mol. The van der Waals surface area contributed by atoms with Crippen LogP contribution in [0.5, 0.6) is 0 Å². The molecule has 1 saturated carbocycles. The van der Waals surface area contributed by atoms with Gasteiger partial charge in [-0.2, -0.15) is 0 Å². The largest absolute Gasteiger partial charge is 0.395 e. The molecular weight excluding hydrogens is 233 g/mol. The molecular formula is C14H18FNO2. The summed E-state index contributed by atoms with van der Waals surface area (Å²) in [4.78, 5) is 13.4. The van der Waals surface area contributed by atoms with E-state index >= 15 is 0 Å². The van der Waals surface area contributed by atoms with Crippen LogP contribution >= 0.6 is 0 Å². The number of aliphatic hydroxyl groups is 1. The van der Waals surface area contributed by atoms with Crippen molar-refractivity contribution in [1.29, 1.82) is 0 Å². The number of carbonyl (C=O) groups is 1. The van der Waals surface area contributed by atoms with Crippen LogP contribution in [0.2, 0.25) is 0 Å². The van der Waals surface area contributed by atoms with E-state index in [9.17, 15) is 9.18 Å². The molecule has 0 atom stereocenters. The van der Waals surface area contributed by atoms with Crippen LogP contribution in [0.4, 0.5) is 10.1 Å². The molecule has 0 aromatic heterocycles. The first kappa shape index (κ1) is 13.0. The van der Waals surface area contributed by atoms with Gasteiger partial charge in [-0.3, -0.25) is 4.79 Å². The van der Waals surface area contributed by atoms with Crippen molar-refractivity contribution >= 4 is 11.5 Å². The number of benzene rings is 1. The van der Waals surface area contributed by atoms with Crippen LogP contribution in [-0.4, -0.2) is 30.1 Å². The number of halogens is 1. The van der Waals surface area contributed by atoms with E-state index in [1.54, 1.807) is 12.1 Å². The highest BCUT2D eigenvalue weighted by atomic mass is 19.1. The van der Waals surface area contributed by atoms with Gasteiger partial charge in [0.1, 0.15) is 5.82 Å². The molecule has 0 spiro atoms. The molecule has 1 aliphatic rings. The number of rotatable bonds is 5. The topological polar surface area (TPSA) is 40.5 Å². The number of hydrogen-bond donors (Lipinski definition) is 1. The average molecular weight is 251 g/mol. The van der Waals surface area contributed by atoms with Gasteiger partial charge < -0.3 is 10.0 Å². The molecule has 0 radical (unpaired) electrons. The number of aliphatic hydroxyl groups excluding tert-OH is 1. The summed E-state index contributed by atoms with van der Waals surface area (Å²) < 4.78 is 14.0. The lowest BCUT2D eigenvalue weighted by Crippen LogP contribution is -2.43. The van der Waals surface area contributed by atoms with E-state index in [-0.39, 0.29) is 24.2 Å². The Morgan fingerprint density at radius 2 is 2.22 bits per heavy atom. The molecule has 98 valence electrons. The molecule has 3 nitrogen and oxygen atoms in total. The van der Waals surface area contributed by atoms with Gasteiger partial charge in [0.2, 0.25) is 0 Å². The summed E-state index contributed by atoms with van der Waals surface area (Å²) in [5.74, 6) is -0.533. The molecule has 0 amide bonds. The van der Waals surface area contributed by atoms with E-state index in [1.807, 2.05) is 4.90 Å². The highest BCUT2D eigenvalue weighted by molar-refractivity contribution is 5.99. The molecule has 0 unspecified atom stereocenters. The Morgan fingerprint density at radius 1 is 1.50 bits per heavy atom. The first-order valence-electron chi connectivity index (χ1n) is 6.32. The smallest absolute Gasteiger partial charge is 0.161 e. The van der Waals surface area contributed by atoms with Crippen LogP contribution in [0.25, 0.3) is 0 Å². The number of para-hydroxylation sites is 1. The molecule has 0 saturated heterocycles. The van der Waals surface area contributed by atoms with Crippen LogP contribution < -0.4 is 4.90 Å². The number of nitrogens with zero attached hydrogens (tertiary/aromatic N) is 1. The van der Waals surface area contributed by atoms with Gasteiger partial charge in [-0.25, -0.2) is 4.39 Å². The first-order chi connectivity index (χ1) is 8.65. The monoisotopic (exact) mass is 251 g/mol. The summed E-state index contributed by atoms with van der Waals surface area (Å²) in [5.41, 5.74) is 0.749. The Hall–Kier alpha value is -1.42. The lowest BCUT2D eigenvalue weighted by Gasteiger charge is -2.39. The molecule has 2 rings (SSSR count). The minimum absolute atomic E-state index is 0.0395. The zero-order valence-electron chi connectivity index (χ0n) is 10.5. The Kier molecular flexibility index (Phi) is 3.97. The van der Waals surface area contributed by atoms with Crippen molar-refractivity contribution in [1.82, 2.24) is 0 Å². The van der Waals surface area contributed by atoms with Crippen molar-refractivity contribution in [3.8, 4) is 0 Å². The molecule has 0 aliphatic heterocycles. The van der Waals surface area contributed by atoms with E-state index in [1.165, 1.54) is 13.0 Å². The number of hydrogen-bond acceptors (Lipinski definition) is 3. The molecule has 1 fully saturated rings. The van der Waals surface area contributed by atoms with E-state index in [4.69, 9.17) is 5.11 Å². The second-order valence-electron chi connectivity index (χ2n) is 4.69. The fraction of sp³-hybridized carbons (Fsp3) is 0.500. The molecule has 18 heavy (non-hydrogen) atoms. The molecule has 0 heterocycles. The lowest BCUT2D eigenvalue weighted by molar-refractivity contribution is 0.101. The molecule has 1 aliphatic carbocycles. The van der Waals surface area contributed by atoms with Crippen LogP contribution in [0, 0.1) is 5.82 Å². The quantitative estimate of drug-likeness (QED) is 0.817. The summed E-state index contributed by atoms with van der Waals surface area (Å²) in [6.07, 6.45) is 3.10. The number of carbonyl (C=O) groups excluding carboxylic acids is 1. The Bertz CT molecular complexity index is 443. The maximum absolute atomic E-state index is 14.0. The van der Waals surface area contributed by atoms with E-state index in [2.05, 4.69) is 0 Å². The van der Waals surface area contributed by atoms with Gasteiger partial charge in [-0.05, 0) is 38.3 Å². The van der Waals surface area contributed by atoms with Crippen molar-refractivity contribution in [3.05, 3.63) is 29.6 Å². The fourth-order valence-corrected chi connectivity index (χ4v) is 2.37. The third-order valence-corrected chi connectivity index (χ3v) is 3.51. The van der Waals surface area contributed by atoms with Crippen molar-refractivity contribution in [2.45, 2.75) is 32.2 Å².